The fourth-order valence-electron chi connectivity index (χ4n) is 2.00. The average molecular weight is 306 g/mol. The van der Waals surface area contributed by atoms with E-state index < -0.39 is 11.8 Å². The lowest BCUT2D eigenvalue weighted by molar-refractivity contribution is -0.136. The largest absolute Gasteiger partial charge is 0.396 e. The molecular weight excluding hydrogens is 280 g/mol. The Morgan fingerprint density at radius 3 is 2.23 bits per heavy atom. The number of aliphatic hydroxyl groups excluding tert-OH is 1. The minimum Gasteiger partial charge on any atom is -0.396 e. The molecule has 22 heavy (non-hydrogen) atoms. The maximum Gasteiger partial charge on any atom is 0.313 e. The molecule has 1 unspecified atom stereocenters. The SMILES string of the molecule is CC(CCCO)NC(=O)C(=O)Nc1ccc(C(C)(C)C)cc1. The van der Waals surface area contributed by atoms with E-state index in [1.54, 1.807) is 19.1 Å². The van der Waals surface area contributed by atoms with Crippen LogP contribution < -0.4 is 10.6 Å². The molecule has 0 aliphatic heterocycles. The first-order chi connectivity index (χ1) is 10.2. The lowest BCUT2D eigenvalue weighted by atomic mass is 9.87. The first kappa shape index (κ1) is 18.2. The van der Waals surface area contributed by atoms with Gasteiger partial charge in [0.2, 0.25) is 0 Å². The predicted octanol–water partition coefficient (Wildman–Crippen LogP) is 2.20. The van der Waals surface area contributed by atoms with Crippen LogP contribution in [0, 0.1) is 0 Å². The molecule has 0 heterocycles. The Bertz CT molecular complexity index is 504. The van der Waals surface area contributed by atoms with Gasteiger partial charge in [0.1, 0.15) is 0 Å². The van der Waals surface area contributed by atoms with Crippen molar-refractivity contribution in [1.82, 2.24) is 5.32 Å². The van der Waals surface area contributed by atoms with Crippen LogP contribution in [0.25, 0.3) is 0 Å². The fraction of sp³-hybridized carbons (Fsp3) is 0.529. The zero-order valence-electron chi connectivity index (χ0n) is 13.8. The molecule has 5 nitrogen and oxygen atoms in total. The maximum absolute atomic E-state index is 11.8. The van der Waals surface area contributed by atoms with Gasteiger partial charge in [-0.15, -0.1) is 0 Å². The Morgan fingerprint density at radius 1 is 1.14 bits per heavy atom. The summed E-state index contributed by atoms with van der Waals surface area (Å²) in [4.78, 5) is 23.6. The quantitative estimate of drug-likeness (QED) is 0.730. The Hall–Kier alpha value is -1.88. The third-order valence-electron chi connectivity index (χ3n) is 3.39. The molecule has 1 atom stereocenters. The number of anilines is 1. The van der Waals surface area contributed by atoms with Crippen molar-refractivity contribution in [2.75, 3.05) is 11.9 Å². The van der Waals surface area contributed by atoms with Gasteiger partial charge in [-0.25, -0.2) is 0 Å². The van der Waals surface area contributed by atoms with Crippen molar-refractivity contribution < 1.29 is 14.7 Å². The lowest BCUT2D eigenvalue weighted by Gasteiger charge is -2.19. The van der Waals surface area contributed by atoms with Crippen LogP contribution in [0.15, 0.2) is 24.3 Å². The van der Waals surface area contributed by atoms with Crippen LogP contribution in [0.3, 0.4) is 0 Å². The second-order valence-corrected chi connectivity index (χ2v) is 6.52. The van der Waals surface area contributed by atoms with Crippen molar-refractivity contribution in [3.63, 3.8) is 0 Å². The van der Waals surface area contributed by atoms with E-state index in [9.17, 15) is 9.59 Å². The van der Waals surface area contributed by atoms with Crippen LogP contribution in [0.5, 0.6) is 0 Å². The molecule has 0 radical (unpaired) electrons. The van der Waals surface area contributed by atoms with Crippen molar-refractivity contribution in [2.45, 2.75) is 52.0 Å². The number of benzene rings is 1. The fourth-order valence-corrected chi connectivity index (χ4v) is 2.00. The molecule has 122 valence electrons. The van der Waals surface area contributed by atoms with Gasteiger partial charge in [-0.3, -0.25) is 9.59 Å². The molecule has 0 spiro atoms. The summed E-state index contributed by atoms with van der Waals surface area (Å²) < 4.78 is 0. The second kappa shape index (κ2) is 7.94. The zero-order valence-corrected chi connectivity index (χ0v) is 13.8. The van der Waals surface area contributed by atoms with Crippen molar-refractivity contribution in [3.8, 4) is 0 Å². The van der Waals surface area contributed by atoms with E-state index >= 15 is 0 Å². The Kier molecular flexibility index (Phi) is 6.56. The van der Waals surface area contributed by atoms with E-state index in [4.69, 9.17) is 5.11 Å². The van der Waals surface area contributed by atoms with Gasteiger partial charge in [0.05, 0.1) is 0 Å². The highest BCUT2D eigenvalue weighted by Crippen LogP contribution is 2.23. The molecule has 5 heteroatoms. The van der Waals surface area contributed by atoms with Crippen molar-refractivity contribution in [1.29, 1.82) is 0 Å². The van der Waals surface area contributed by atoms with E-state index in [0.717, 1.165) is 5.56 Å². The molecule has 0 aliphatic rings. The molecule has 0 saturated heterocycles. The van der Waals surface area contributed by atoms with Crippen molar-refractivity contribution in [3.05, 3.63) is 29.8 Å². The van der Waals surface area contributed by atoms with Gasteiger partial charge in [0.25, 0.3) is 0 Å². The maximum atomic E-state index is 11.8. The Morgan fingerprint density at radius 2 is 1.73 bits per heavy atom. The van der Waals surface area contributed by atoms with Gasteiger partial charge in [-0.1, -0.05) is 32.9 Å². The predicted molar refractivity (Wildman–Crippen MR) is 87.7 cm³/mol. The van der Waals surface area contributed by atoms with Crippen LogP contribution in [0.1, 0.15) is 46.1 Å². The van der Waals surface area contributed by atoms with Gasteiger partial charge in [0, 0.05) is 18.3 Å². The third-order valence-corrected chi connectivity index (χ3v) is 3.39. The van der Waals surface area contributed by atoms with E-state index in [1.165, 1.54) is 0 Å². The average Bonchev–Trinajstić information content (AvgIpc) is 2.44. The number of aliphatic hydroxyl groups is 1. The minimum atomic E-state index is -0.681. The molecule has 0 fully saturated rings. The molecule has 3 N–H and O–H groups in total. The van der Waals surface area contributed by atoms with E-state index in [0.29, 0.717) is 18.5 Å². The summed E-state index contributed by atoms with van der Waals surface area (Å²) in [6, 6.07) is 7.32. The lowest BCUT2D eigenvalue weighted by Crippen LogP contribution is -2.40. The van der Waals surface area contributed by atoms with E-state index in [2.05, 4.69) is 31.4 Å². The standard InChI is InChI=1S/C17H26N2O3/c1-12(6-5-11-20)18-15(21)16(22)19-14-9-7-13(8-10-14)17(2,3)4/h7-10,12,20H,5-6,11H2,1-4H3,(H,18,21)(H,19,22). The van der Waals surface area contributed by atoms with Crippen LogP contribution in [-0.4, -0.2) is 29.6 Å². The summed E-state index contributed by atoms with van der Waals surface area (Å²) >= 11 is 0. The van der Waals surface area contributed by atoms with Crippen LogP contribution in [-0.2, 0) is 15.0 Å². The molecule has 1 rings (SSSR count). The summed E-state index contributed by atoms with van der Waals surface area (Å²) in [5.74, 6) is -1.34. The second-order valence-electron chi connectivity index (χ2n) is 6.52. The van der Waals surface area contributed by atoms with Gasteiger partial charge in [0.15, 0.2) is 0 Å². The summed E-state index contributed by atoms with van der Waals surface area (Å²) in [5.41, 5.74) is 1.80. The highest BCUT2D eigenvalue weighted by atomic mass is 16.3. The molecular formula is C17H26N2O3. The topological polar surface area (TPSA) is 78.4 Å². The van der Waals surface area contributed by atoms with Crippen LogP contribution >= 0.6 is 0 Å². The van der Waals surface area contributed by atoms with Gasteiger partial charge in [-0.05, 0) is 42.9 Å². The van der Waals surface area contributed by atoms with Gasteiger partial charge >= 0.3 is 11.8 Å². The third kappa shape index (κ3) is 5.85. The highest BCUT2D eigenvalue weighted by Gasteiger charge is 2.17. The monoisotopic (exact) mass is 306 g/mol. The minimum absolute atomic E-state index is 0.0437. The summed E-state index contributed by atoms with van der Waals surface area (Å²) in [5, 5.41) is 13.9. The highest BCUT2D eigenvalue weighted by molar-refractivity contribution is 6.39. The van der Waals surface area contributed by atoms with Crippen molar-refractivity contribution >= 4 is 17.5 Å². The number of nitrogens with one attached hydrogen (secondary N) is 2. The first-order valence-electron chi connectivity index (χ1n) is 7.57. The number of hydrogen-bond acceptors (Lipinski definition) is 3. The molecule has 0 aromatic heterocycles. The molecule has 1 aromatic rings. The van der Waals surface area contributed by atoms with Crippen LogP contribution in [0.4, 0.5) is 5.69 Å². The summed E-state index contributed by atoms with van der Waals surface area (Å²) in [6.45, 7) is 8.22. The van der Waals surface area contributed by atoms with Gasteiger partial charge in [-0.2, -0.15) is 0 Å². The van der Waals surface area contributed by atoms with E-state index in [-0.39, 0.29) is 18.1 Å². The Labute approximate surface area is 132 Å². The molecule has 0 aliphatic carbocycles. The smallest absolute Gasteiger partial charge is 0.313 e. The summed E-state index contributed by atoms with van der Waals surface area (Å²) in [6.07, 6.45) is 1.23. The summed E-state index contributed by atoms with van der Waals surface area (Å²) in [7, 11) is 0. The van der Waals surface area contributed by atoms with Gasteiger partial charge < -0.3 is 15.7 Å². The number of rotatable bonds is 5. The number of amides is 2. The Balaban J connectivity index is 2.55. The van der Waals surface area contributed by atoms with Crippen LogP contribution in [0.2, 0.25) is 0 Å². The molecule has 2 amide bonds. The normalized spacial score (nSPS) is 12.6. The number of carbonyl (C=O) groups excluding carboxylic acids is 2. The van der Waals surface area contributed by atoms with E-state index in [1.807, 2.05) is 12.1 Å². The number of hydrogen-bond donors (Lipinski definition) is 3. The number of carbonyl (C=O) groups is 2. The molecule has 0 saturated carbocycles. The molecule has 1 aromatic carbocycles. The first-order valence-corrected chi connectivity index (χ1v) is 7.57. The van der Waals surface area contributed by atoms with Crippen molar-refractivity contribution in [2.24, 2.45) is 0 Å². The molecule has 0 bridgehead atoms. The zero-order chi connectivity index (χ0) is 16.8.